The van der Waals surface area contributed by atoms with E-state index in [1.807, 2.05) is 44.2 Å². The van der Waals surface area contributed by atoms with Crippen LogP contribution in [0.25, 0.3) is 6.08 Å². The fraction of sp³-hybridized carbons (Fsp3) is 0.261. The van der Waals surface area contributed by atoms with Gasteiger partial charge < -0.3 is 14.6 Å². The third kappa shape index (κ3) is 5.26. The van der Waals surface area contributed by atoms with Crippen LogP contribution in [-0.4, -0.2) is 38.9 Å². The lowest BCUT2D eigenvalue weighted by Gasteiger charge is -2.23. The van der Waals surface area contributed by atoms with Gasteiger partial charge in [-0.25, -0.2) is 4.79 Å². The van der Waals surface area contributed by atoms with Crippen molar-refractivity contribution in [2.75, 3.05) is 6.61 Å². The van der Waals surface area contributed by atoms with E-state index in [2.05, 4.69) is 0 Å². The van der Waals surface area contributed by atoms with Gasteiger partial charge in [0.05, 0.1) is 17.6 Å². The molecule has 2 unspecified atom stereocenters. The van der Waals surface area contributed by atoms with Crippen molar-refractivity contribution in [1.82, 2.24) is 4.90 Å². The van der Waals surface area contributed by atoms with Crippen LogP contribution in [0.4, 0.5) is 0 Å². The number of ether oxygens (including phenoxy) is 2. The van der Waals surface area contributed by atoms with Crippen LogP contribution in [0, 0.1) is 0 Å². The molecule has 2 aromatic rings. The lowest BCUT2D eigenvalue weighted by atomic mass is 10.1. The SMILES string of the molecule is CCOc1cc(/C=C2/SC(=S)N(C(C)c3ccccc3)C2=O)ccc1OC(C)C(=O)O. The Bertz CT molecular complexity index is 1020. The summed E-state index contributed by atoms with van der Waals surface area (Å²) >= 11 is 6.73. The molecule has 1 fully saturated rings. The van der Waals surface area contributed by atoms with Crippen molar-refractivity contribution >= 4 is 46.3 Å². The molecular weight excluding hydrogens is 434 g/mol. The largest absolute Gasteiger partial charge is 0.490 e. The molecular formula is C23H23NO5S2. The van der Waals surface area contributed by atoms with Crippen LogP contribution in [0.2, 0.25) is 0 Å². The smallest absolute Gasteiger partial charge is 0.344 e. The van der Waals surface area contributed by atoms with Gasteiger partial charge in [0.2, 0.25) is 0 Å². The number of thiocarbonyl (C=S) groups is 1. The van der Waals surface area contributed by atoms with E-state index in [1.54, 1.807) is 29.2 Å². The fourth-order valence-electron chi connectivity index (χ4n) is 3.07. The molecule has 1 saturated heterocycles. The molecule has 1 aliphatic heterocycles. The van der Waals surface area contributed by atoms with Gasteiger partial charge in [0.15, 0.2) is 17.6 Å². The number of hydrogen-bond donors (Lipinski definition) is 1. The van der Waals surface area contributed by atoms with Gasteiger partial charge >= 0.3 is 5.97 Å². The van der Waals surface area contributed by atoms with Gasteiger partial charge in [0.25, 0.3) is 5.91 Å². The Kier molecular flexibility index (Phi) is 7.35. The zero-order chi connectivity index (χ0) is 22.5. The monoisotopic (exact) mass is 457 g/mol. The van der Waals surface area contributed by atoms with E-state index in [4.69, 9.17) is 26.8 Å². The molecule has 8 heteroatoms. The maximum atomic E-state index is 13.1. The quantitative estimate of drug-likeness (QED) is 0.446. The van der Waals surface area contributed by atoms with Crippen molar-refractivity contribution in [3.05, 3.63) is 64.6 Å². The second-order valence-corrected chi connectivity index (χ2v) is 8.55. The molecule has 0 bridgehead atoms. The third-order valence-electron chi connectivity index (χ3n) is 4.71. The van der Waals surface area contributed by atoms with Gasteiger partial charge in [-0.1, -0.05) is 60.4 Å². The van der Waals surface area contributed by atoms with Gasteiger partial charge in [0, 0.05) is 0 Å². The van der Waals surface area contributed by atoms with Crippen LogP contribution in [-0.2, 0) is 9.59 Å². The lowest BCUT2D eigenvalue weighted by molar-refractivity contribution is -0.144. The highest BCUT2D eigenvalue weighted by atomic mass is 32.2. The summed E-state index contributed by atoms with van der Waals surface area (Å²) < 4.78 is 11.6. The number of aliphatic carboxylic acids is 1. The number of rotatable bonds is 8. The molecule has 0 aromatic heterocycles. The van der Waals surface area contributed by atoms with Crippen LogP contribution in [0.5, 0.6) is 11.5 Å². The summed E-state index contributed by atoms with van der Waals surface area (Å²) in [6, 6.07) is 14.7. The summed E-state index contributed by atoms with van der Waals surface area (Å²) in [5.41, 5.74) is 1.74. The van der Waals surface area contributed by atoms with Crippen molar-refractivity contribution in [3.63, 3.8) is 0 Å². The molecule has 0 saturated carbocycles. The Morgan fingerprint density at radius 3 is 2.55 bits per heavy atom. The topological polar surface area (TPSA) is 76.1 Å². The molecule has 1 aliphatic rings. The van der Waals surface area contributed by atoms with Gasteiger partial charge in [0.1, 0.15) is 4.32 Å². The van der Waals surface area contributed by atoms with Crippen molar-refractivity contribution in [1.29, 1.82) is 0 Å². The average molecular weight is 458 g/mol. The van der Waals surface area contributed by atoms with Crippen LogP contribution in [0.1, 0.15) is 37.9 Å². The fourth-order valence-corrected chi connectivity index (χ4v) is 4.49. The van der Waals surface area contributed by atoms with Gasteiger partial charge in [-0.3, -0.25) is 9.69 Å². The number of benzene rings is 2. The second-order valence-electron chi connectivity index (χ2n) is 6.88. The molecule has 31 heavy (non-hydrogen) atoms. The highest BCUT2D eigenvalue weighted by Gasteiger charge is 2.35. The van der Waals surface area contributed by atoms with Gasteiger partial charge in [-0.15, -0.1) is 0 Å². The number of nitrogens with zero attached hydrogens (tertiary/aromatic N) is 1. The minimum Gasteiger partial charge on any atom is -0.490 e. The zero-order valence-electron chi connectivity index (χ0n) is 17.4. The molecule has 1 N–H and O–H groups in total. The Morgan fingerprint density at radius 2 is 1.90 bits per heavy atom. The first-order valence-electron chi connectivity index (χ1n) is 9.80. The maximum Gasteiger partial charge on any atom is 0.344 e. The van der Waals surface area contributed by atoms with Crippen molar-refractivity contribution in [2.45, 2.75) is 32.9 Å². The summed E-state index contributed by atoms with van der Waals surface area (Å²) in [7, 11) is 0. The summed E-state index contributed by atoms with van der Waals surface area (Å²) in [6.45, 7) is 5.61. The second kappa shape index (κ2) is 9.98. The van der Waals surface area contributed by atoms with Gasteiger partial charge in [-0.05, 0) is 50.1 Å². The Balaban J connectivity index is 1.85. The molecule has 0 spiro atoms. The molecule has 162 valence electrons. The zero-order valence-corrected chi connectivity index (χ0v) is 19.0. The Morgan fingerprint density at radius 1 is 1.19 bits per heavy atom. The summed E-state index contributed by atoms with van der Waals surface area (Å²) in [5, 5.41) is 9.08. The number of carbonyl (C=O) groups is 2. The average Bonchev–Trinajstić information content (AvgIpc) is 3.03. The minimum atomic E-state index is -1.07. The number of carboxylic acids is 1. The molecule has 3 rings (SSSR count). The Labute approximate surface area is 190 Å². The van der Waals surface area contributed by atoms with Crippen molar-refractivity contribution in [3.8, 4) is 11.5 Å². The third-order valence-corrected chi connectivity index (χ3v) is 6.04. The summed E-state index contributed by atoms with van der Waals surface area (Å²) in [5.74, 6) is -0.469. The summed E-state index contributed by atoms with van der Waals surface area (Å²) in [4.78, 5) is 26.3. The van der Waals surface area contributed by atoms with Crippen molar-refractivity contribution < 1.29 is 24.2 Å². The molecule has 0 radical (unpaired) electrons. The predicted molar refractivity (Wildman–Crippen MR) is 125 cm³/mol. The number of carbonyl (C=O) groups excluding carboxylic acids is 1. The van der Waals surface area contributed by atoms with E-state index in [0.29, 0.717) is 27.3 Å². The predicted octanol–water partition coefficient (Wildman–Crippen LogP) is 4.90. The van der Waals surface area contributed by atoms with E-state index in [-0.39, 0.29) is 11.9 Å². The van der Waals surface area contributed by atoms with E-state index >= 15 is 0 Å². The summed E-state index contributed by atoms with van der Waals surface area (Å²) in [6.07, 6.45) is 0.741. The lowest BCUT2D eigenvalue weighted by Crippen LogP contribution is -2.30. The molecule has 2 aromatic carbocycles. The normalized spacial score (nSPS) is 17.0. The van der Waals surface area contributed by atoms with E-state index in [1.165, 1.54) is 18.7 Å². The standard InChI is InChI=1S/C23H23NO5S2/c1-4-28-19-12-16(10-11-18(19)29-15(3)22(26)27)13-20-21(25)24(23(30)31-20)14(2)17-8-6-5-7-9-17/h5-15H,4H2,1-3H3,(H,26,27)/b20-13+. The molecule has 1 heterocycles. The van der Waals surface area contributed by atoms with Crippen LogP contribution >= 0.6 is 24.0 Å². The number of carboxylic acid groups (broad SMARTS) is 1. The highest BCUT2D eigenvalue weighted by molar-refractivity contribution is 8.26. The van der Waals surface area contributed by atoms with E-state index in [0.717, 1.165) is 11.1 Å². The molecule has 6 nitrogen and oxygen atoms in total. The minimum absolute atomic E-state index is 0.149. The number of thioether (sulfide) groups is 1. The first-order chi connectivity index (χ1) is 14.8. The molecule has 2 atom stereocenters. The van der Waals surface area contributed by atoms with Crippen LogP contribution in [0.3, 0.4) is 0 Å². The highest BCUT2D eigenvalue weighted by Crippen LogP contribution is 2.39. The maximum absolute atomic E-state index is 13.1. The van der Waals surface area contributed by atoms with Gasteiger partial charge in [-0.2, -0.15) is 0 Å². The molecule has 0 aliphatic carbocycles. The Hall–Kier alpha value is -2.84. The van der Waals surface area contributed by atoms with E-state index < -0.39 is 12.1 Å². The molecule has 1 amide bonds. The first kappa shape index (κ1) is 22.8. The van der Waals surface area contributed by atoms with Crippen molar-refractivity contribution in [2.24, 2.45) is 0 Å². The first-order valence-corrected chi connectivity index (χ1v) is 11.0. The van der Waals surface area contributed by atoms with Crippen LogP contribution < -0.4 is 9.47 Å². The van der Waals surface area contributed by atoms with Crippen LogP contribution in [0.15, 0.2) is 53.4 Å². The van der Waals surface area contributed by atoms with E-state index in [9.17, 15) is 9.59 Å². The number of hydrogen-bond acceptors (Lipinski definition) is 6. The number of amides is 1.